The first-order valence-corrected chi connectivity index (χ1v) is 5.00. The molecule has 2 aromatic heterocycles. The van der Waals surface area contributed by atoms with E-state index in [-0.39, 0.29) is 0 Å². The Morgan fingerprint density at radius 2 is 2.21 bits per heavy atom. The van der Waals surface area contributed by atoms with Gasteiger partial charge >= 0.3 is 0 Å². The fourth-order valence-electron chi connectivity index (χ4n) is 1.79. The summed E-state index contributed by atoms with van der Waals surface area (Å²) in [6.07, 6.45) is 3.86. The lowest BCUT2D eigenvalue weighted by Gasteiger charge is -2.03. The highest BCUT2D eigenvalue weighted by atomic mass is 35.5. The maximum Gasteiger partial charge on any atom is 0.182 e. The Morgan fingerprint density at radius 1 is 1.43 bits per heavy atom. The molecule has 0 aromatic carbocycles. The van der Waals surface area contributed by atoms with Gasteiger partial charge in [-0.2, -0.15) is 0 Å². The van der Waals surface area contributed by atoms with Gasteiger partial charge in [-0.3, -0.25) is 0 Å². The van der Waals surface area contributed by atoms with Crippen LogP contribution in [0.1, 0.15) is 24.7 Å². The zero-order valence-corrected chi connectivity index (χ0v) is 8.49. The molecule has 14 heavy (non-hydrogen) atoms. The van der Waals surface area contributed by atoms with Crippen LogP contribution in [0.3, 0.4) is 0 Å². The van der Waals surface area contributed by atoms with Gasteiger partial charge in [-0.15, -0.1) is 0 Å². The molecule has 0 N–H and O–H groups in total. The zero-order chi connectivity index (χ0) is 9.71. The fraction of sp³-hybridized carbons (Fsp3) is 0.444. The van der Waals surface area contributed by atoms with Gasteiger partial charge in [-0.05, 0) is 19.8 Å². The second kappa shape index (κ2) is 2.67. The first-order chi connectivity index (χ1) is 6.77. The Hall–Kier alpha value is -1.16. The number of imidazole rings is 1. The van der Waals surface area contributed by atoms with Crippen LogP contribution in [0, 0.1) is 6.92 Å². The lowest BCUT2D eigenvalue weighted by molar-refractivity contribution is 0.733. The van der Waals surface area contributed by atoms with E-state index in [1.807, 2.05) is 6.92 Å². The zero-order valence-electron chi connectivity index (χ0n) is 7.74. The smallest absolute Gasteiger partial charge is 0.182 e. The third-order valence-corrected chi connectivity index (χ3v) is 2.80. The Bertz CT molecular complexity index is 501. The minimum Gasteiger partial charge on any atom is -0.321 e. The van der Waals surface area contributed by atoms with Gasteiger partial charge in [0.15, 0.2) is 10.8 Å². The van der Waals surface area contributed by atoms with Crippen LogP contribution in [-0.4, -0.2) is 19.5 Å². The highest BCUT2D eigenvalue weighted by Gasteiger charge is 2.28. The molecule has 3 rings (SSSR count). The van der Waals surface area contributed by atoms with Crippen molar-refractivity contribution < 1.29 is 0 Å². The van der Waals surface area contributed by atoms with Crippen LogP contribution in [-0.2, 0) is 0 Å². The first-order valence-electron chi connectivity index (χ1n) is 4.62. The SMILES string of the molecule is Cc1nc2ncnc(Cl)c2n1C1CC1. The molecular weight excluding hydrogens is 200 g/mol. The average molecular weight is 209 g/mol. The van der Waals surface area contributed by atoms with Crippen LogP contribution in [0.5, 0.6) is 0 Å². The van der Waals surface area contributed by atoms with E-state index in [1.54, 1.807) is 0 Å². The lowest BCUT2D eigenvalue weighted by Crippen LogP contribution is -1.97. The lowest BCUT2D eigenvalue weighted by atomic mass is 10.5. The van der Waals surface area contributed by atoms with Crippen LogP contribution in [0.25, 0.3) is 11.2 Å². The molecule has 2 heterocycles. The molecule has 1 saturated carbocycles. The molecule has 1 fully saturated rings. The van der Waals surface area contributed by atoms with Crippen molar-refractivity contribution in [3.05, 3.63) is 17.3 Å². The van der Waals surface area contributed by atoms with Crippen LogP contribution < -0.4 is 0 Å². The van der Waals surface area contributed by atoms with Crippen molar-refractivity contribution in [3.63, 3.8) is 0 Å². The summed E-state index contributed by atoms with van der Waals surface area (Å²) in [5.74, 6) is 0.977. The van der Waals surface area contributed by atoms with Crippen molar-refractivity contribution in [1.82, 2.24) is 19.5 Å². The summed E-state index contributed by atoms with van der Waals surface area (Å²) in [4.78, 5) is 12.5. The maximum atomic E-state index is 6.04. The molecule has 72 valence electrons. The summed E-state index contributed by atoms with van der Waals surface area (Å²) in [6.45, 7) is 1.98. The van der Waals surface area contributed by atoms with E-state index in [0.717, 1.165) is 11.3 Å². The van der Waals surface area contributed by atoms with Crippen LogP contribution in [0.4, 0.5) is 0 Å². The molecule has 2 aromatic rings. The van der Waals surface area contributed by atoms with E-state index in [9.17, 15) is 0 Å². The minimum atomic E-state index is 0.502. The van der Waals surface area contributed by atoms with E-state index in [1.165, 1.54) is 19.2 Å². The van der Waals surface area contributed by atoms with Crippen molar-refractivity contribution in [1.29, 1.82) is 0 Å². The monoisotopic (exact) mass is 208 g/mol. The van der Waals surface area contributed by atoms with Gasteiger partial charge in [-0.25, -0.2) is 15.0 Å². The minimum absolute atomic E-state index is 0.502. The molecule has 0 unspecified atom stereocenters. The van der Waals surface area contributed by atoms with Gasteiger partial charge in [0.05, 0.1) is 0 Å². The number of rotatable bonds is 1. The van der Waals surface area contributed by atoms with Crippen molar-refractivity contribution in [3.8, 4) is 0 Å². The number of halogens is 1. The molecule has 0 radical (unpaired) electrons. The van der Waals surface area contributed by atoms with Crippen molar-refractivity contribution in [2.45, 2.75) is 25.8 Å². The average Bonchev–Trinajstić information content (AvgIpc) is 2.90. The topological polar surface area (TPSA) is 43.6 Å². The molecular formula is C9H9ClN4. The third kappa shape index (κ3) is 1.04. The molecule has 5 heteroatoms. The molecule has 0 bridgehead atoms. The summed E-state index contributed by atoms with van der Waals surface area (Å²) in [7, 11) is 0. The van der Waals surface area contributed by atoms with E-state index in [0.29, 0.717) is 16.8 Å². The summed E-state index contributed by atoms with van der Waals surface area (Å²) in [5, 5.41) is 0.502. The number of nitrogens with zero attached hydrogens (tertiary/aromatic N) is 4. The van der Waals surface area contributed by atoms with E-state index >= 15 is 0 Å². The number of hydrogen-bond acceptors (Lipinski definition) is 3. The molecule has 4 nitrogen and oxygen atoms in total. The second-order valence-corrected chi connectivity index (χ2v) is 3.95. The summed E-state index contributed by atoms with van der Waals surface area (Å²) in [5.41, 5.74) is 1.59. The summed E-state index contributed by atoms with van der Waals surface area (Å²) in [6, 6.07) is 0.559. The molecule has 1 aliphatic carbocycles. The third-order valence-electron chi connectivity index (χ3n) is 2.53. The Labute approximate surface area is 85.9 Å². The van der Waals surface area contributed by atoms with E-state index in [4.69, 9.17) is 11.6 Å². The first kappa shape index (κ1) is 8.17. The van der Waals surface area contributed by atoms with Gasteiger partial charge in [0.25, 0.3) is 0 Å². The Kier molecular flexibility index (Phi) is 1.56. The maximum absolute atomic E-state index is 6.04. The Balaban J connectivity index is 2.39. The summed E-state index contributed by atoms with van der Waals surface area (Å²) >= 11 is 6.04. The molecule has 0 amide bonds. The number of aromatic nitrogens is 4. The van der Waals surface area contributed by atoms with Crippen LogP contribution in [0.15, 0.2) is 6.33 Å². The van der Waals surface area contributed by atoms with E-state index < -0.39 is 0 Å². The highest BCUT2D eigenvalue weighted by molar-refractivity contribution is 6.33. The molecule has 0 aliphatic heterocycles. The van der Waals surface area contributed by atoms with Crippen molar-refractivity contribution >= 4 is 22.8 Å². The largest absolute Gasteiger partial charge is 0.321 e. The highest BCUT2D eigenvalue weighted by Crippen LogP contribution is 2.39. The standard InChI is InChI=1S/C9H9ClN4/c1-5-13-9-7(8(10)11-4-12-9)14(5)6-2-3-6/h4,6H,2-3H2,1H3. The number of fused-ring (bicyclic) bond motifs is 1. The molecule has 0 spiro atoms. The summed E-state index contributed by atoms with van der Waals surface area (Å²) < 4.78 is 2.15. The predicted molar refractivity (Wildman–Crippen MR) is 53.3 cm³/mol. The number of aryl methyl sites for hydroxylation is 1. The normalized spacial score (nSPS) is 16.4. The van der Waals surface area contributed by atoms with Gasteiger partial charge < -0.3 is 4.57 Å². The second-order valence-electron chi connectivity index (χ2n) is 3.60. The van der Waals surface area contributed by atoms with Crippen molar-refractivity contribution in [2.75, 3.05) is 0 Å². The van der Waals surface area contributed by atoms with Crippen molar-refractivity contribution in [2.24, 2.45) is 0 Å². The number of hydrogen-bond donors (Lipinski definition) is 0. The van der Waals surface area contributed by atoms with E-state index in [2.05, 4.69) is 19.5 Å². The predicted octanol–water partition coefficient (Wildman–Crippen LogP) is 2.12. The molecule has 1 aliphatic rings. The van der Waals surface area contributed by atoms with Gasteiger partial charge in [0.2, 0.25) is 0 Å². The van der Waals surface area contributed by atoms with Gasteiger partial charge in [0.1, 0.15) is 17.7 Å². The quantitative estimate of drug-likeness (QED) is 0.675. The molecule has 0 atom stereocenters. The van der Waals surface area contributed by atoms with Crippen LogP contribution in [0.2, 0.25) is 5.15 Å². The fourth-order valence-corrected chi connectivity index (χ4v) is 2.01. The van der Waals surface area contributed by atoms with Crippen LogP contribution >= 0.6 is 11.6 Å². The van der Waals surface area contributed by atoms with Gasteiger partial charge in [0, 0.05) is 6.04 Å². The molecule has 0 saturated heterocycles. The van der Waals surface area contributed by atoms with Gasteiger partial charge in [-0.1, -0.05) is 11.6 Å². The Morgan fingerprint density at radius 3 is 2.93 bits per heavy atom.